The van der Waals surface area contributed by atoms with Crippen molar-refractivity contribution in [3.63, 3.8) is 0 Å². The second kappa shape index (κ2) is 8.99. The zero-order valence-electron chi connectivity index (χ0n) is 15.7. The van der Waals surface area contributed by atoms with Crippen molar-refractivity contribution in [3.8, 4) is 0 Å². The maximum atomic E-state index is 12.7. The predicted molar refractivity (Wildman–Crippen MR) is 102 cm³/mol. The number of hydrogen-bond acceptors (Lipinski definition) is 4. The number of nitrogens with one attached hydrogen (secondary N) is 2. The van der Waals surface area contributed by atoms with Crippen LogP contribution in [0, 0.1) is 0 Å². The van der Waals surface area contributed by atoms with E-state index in [0.717, 1.165) is 25.7 Å². The summed E-state index contributed by atoms with van der Waals surface area (Å²) in [7, 11) is 0. The van der Waals surface area contributed by atoms with Gasteiger partial charge >= 0.3 is 0 Å². The minimum Gasteiger partial charge on any atom is -0.366 e. The molecular weight excluding hydrogens is 346 g/mol. The number of amides is 3. The van der Waals surface area contributed by atoms with Gasteiger partial charge in [-0.2, -0.15) is 0 Å². The first-order chi connectivity index (χ1) is 13.0. The van der Waals surface area contributed by atoms with Gasteiger partial charge in [-0.25, -0.2) is 0 Å². The van der Waals surface area contributed by atoms with Gasteiger partial charge in [0.1, 0.15) is 6.10 Å². The smallest absolute Gasteiger partial charge is 0.252 e. The SMILES string of the molecule is CC(=O)Nc1ccc(NC(=O)CC2OCCN(C3CCCCC3)C2=O)cc1. The van der Waals surface area contributed by atoms with Crippen molar-refractivity contribution in [2.45, 2.75) is 57.6 Å². The molecule has 7 nitrogen and oxygen atoms in total. The molecule has 27 heavy (non-hydrogen) atoms. The molecule has 0 bridgehead atoms. The van der Waals surface area contributed by atoms with Crippen molar-refractivity contribution in [2.24, 2.45) is 0 Å². The number of rotatable bonds is 5. The first kappa shape index (κ1) is 19.4. The molecule has 0 radical (unpaired) electrons. The van der Waals surface area contributed by atoms with Crippen molar-refractivity contribution in [3.05, 3.63) is 24.3 Å². The Morgan fingerprint density at radius 1 is 1.07 bits per heavy atom. The van der Waals surface area contributed by atoms with Crippen LogP contribution in [0.4, 0.5) is 11.4 Å². The topological polar surface area (TPSA) is 87.7 Å². The van der Waals surface area contributed by atoms with Gasteiger partial charge in [-0.05, 0) is 37.1 Å². The van der Waals surface area contributed by atoms with Gasteiger partial charge in [0.2, 0.25) is 11.8 Å². The molecule has 1 saturated carbocycles. The molecule has 1 unspecified atom stereocenters. The fourth-order valence-corrected chi connectivity index (χ4v) is 3.78. The largest absolute Gasteiger partial charge is 0.366 e. The molecule has 146 valence electrons. The van der Waals surface area contributed by atoms with Crippen molar-refractivity contribution < 1.29 is 19.1 Å². The summed E-state index contributed by atoms with van der Waals surface area (Å²) in [5.41, 5.74) is 1.27. The Bertz CT molecular complexity index is 683. The van der Waals surface area contributed by atoms with Crippen LogP contribution < -0.4 is 10.6 Å². The predicted octanol–water partition coefficient (Wildman–Crippen LogP) is 2.53. The zero-order chi connectivity index (χ0) is 19.2. The summed E-state index contributed by atoms with van der Waals surface area (Å²) >= 11 is 0. The van der Waals surface area contributed by atoms with Crippen LogP contribution in [-0.2, 0) is 19.1 Å². The van der Waals surface area contributed by atoms with E-state index in [-0.39, 0.29) is 24.1 Å². The molecule has 1 heterocycles. The molecule has 3 amide bonds. The van der Waals surface area contributed by atoms with Gasteiger partial charge in [0.25, 0.3) is 5.91 Å². The van der Waals surface area contributed by atoms with Crippen LogP contribution in [0.2, 0.25) is 0 Å². The van der Waals surface area contributed by atoms with Gasteiger partial charge in [-0.3, -0.25) is 14.4 Å². The van der Waals surface area contributed by atoms with E-state index in [4.69, 9.17) is 4.74 Å². The molecule has 0 spiro atoms. The van der Waals surface area contributed by atoms with Crippen molar-refractivity contribution in [1.82, 2.24) is 4.90 Å². The Morgan fingerprint density at radius 2 is 1.70 bits per heavy atom. The lowest BCUT2D eigenvalue weighted by molar-refractivity contribution is -0.159. The van der Waals surface area contributed by atoms with E-state index in [1.54, 1.807) is 24.3 Å². The minimum absolute atomic E-state index is 0.00943. The van der Waals surface area contributed by atoms with E-state index in [1.165, 1.54) is 13.3 Å². The molecule has 2 N–H and O–H groups in total. The second-order valence-electron chi connectivity index (χ2n) is 7.19. The van der Waals surface area contributed by atoms with Crippen LogP contribution in [0.5, 0.6) is 0 Å². The summed E-state index contributed by atoms with van der Waals surface area (Å²) < 4.78 is 5.58. The van der Waals surface area contributed by atoms with E-state index < -0.39 is 6.10 Å². The molecule has 1 aromatic carbocycles. The van der Waals surface area contributed by atoms with Gasteiger partial charge in [0.15, 0.2) is 0 Å². The van der Waals surface area contributed by atoms with Gasteiger partial charge in [-0.1, -0.05) is 19.3 Å². The minimum atomic E-state index is -0.709. The van der Waals surface area contributed by atoms with Crippen LogP contribution in [0.25, 0.3) is 0 Å². The third-order valence-electron chi connectivity index (χ3n) is 5.09. The summed E-state index contributed by atoms with van der Waals surface area (Å²) in [6.45, 7) is 2.53. The lowest BCUT2D eigenvalue weighted by Gasteiger charge is -2.39. The van der Waals surface area contributed by atoms with Crippen molar-refractivity contribution >= 4 is 29.1 Å². The summed E-state index contributed by atoms with van der Waals surface area (Å²) in [6.07, 6.45) is 4.96. The monoisotopic (exact) mass is 373 g/mol. The van der Waals surface area contributed by atoms with E-state index >= 15 is 0 Å². The number of benzene rings is 1. The lowest BCUT2D eigenvalue weighted by Crippen LogP contribution is -2.53. The molecular formula is C20H27N3O4. The highest BCUT2D eigenvalue weighted by atomic mass is 16.5. The maximum Gasteiger partial charge on any atom is 0.252 e. The van der Waals surface area contributed by atoms with E-state index in [1.807, 2.05) is 4.90 Å². The molecule has 1 aliphatic heterocycles. The normalized spacial score (nSPS) is 21.0. The third kappa shape index (κ3) is 5.29. The highest BCUT2D eigenvalue weighted by Crippen LogP contribution is 2.25. The Balaban J connectivity index is 1.53. The number of hydrogen-bond donors (Lipinski definition) is 2. The quantitative estimate of drug-likeness (QED) is 0.830. The van der Waals surface area contributed by atoms with Gasteiger partial charge in [0, 0.05) is 30.9 Å². The van der Waals surface area contributed by atoms with Crippen LogP contribution in [0.15, 0.2) is 24.3 Å². The Labute approximate surface area is 159 Å². The van der Waals surface area contributed by atoms with Gasteiger partial charge < -0.3 is 20.3 Å². The van der Waals surface area contributed by atoms with E-state index in [0.29, 0.717) is 30.6 Å². The lowest BCUT2D eigenvalue weighted by atomic mass is 9.93. The average molecular weight is 373 g/mol. The molecule has 1 atom stereocenters. The van der Waals surface area contributed by atoms with E-state index in [2.05, 4.69) is 10.6 Å². The highest BCUT2D eigenvalue weighted by molar-refractivity contribution is 5.95. The molecule has 1 saturated heterocycles. The highest BCUT2D eigenvalue weighted by Gasteiger charge is 2.35. The summed E-state index contributed by atoms with van der Waals surface area (Å²) in [4.78, 5) is 38.0. The molecule has 7 heteroatoms. The third-order valence-corrected chi connectivity index (χ3v) is 5.09. The number of anilines is 2. The van der Waals surface area contributed by atoms with Crippen LogP contribution in [0.3, 0.4) is 0 Å². The number of carbonyl (C=O) groups excluding carboxylic acids is 3. The van der Waals surface area contributed by atoms with Crippen LogP contribution >= 0.6 is 0 Å². The van der Waals surface area contributed by atoms with E-state index in [9.17, 15) is 14.4 Å². The fraction of sp³-hybridized carbons (Fsp3) is 0.550. The van der Waals surface area contributed by atoms with Gasteiger partial charge in [0.05, 0.1) is 13.0 Å². The average Bonchev–Trinajstić information content (AvgIpc) is 2.65. The first-order valence-electron chi connectivity index (χ1n) is 9.62. The second-order valence-corrected chi connectivity index (χ2v) is 7.19. The van der Waals surface area contributed by atoms with Crippen LogP contribution in [0.1, 0.15) is 45.4 Å². The zero-order valence-corrected chi connectivity index (χ0v) is 15.7. The number of carbonyl (C=O) groups is 3. The molecule has 2 aliphatic rings. The number of ether oxygens (including phenoxy) is 1. The number of nitrogens with zero attached hydrogens (tertiary/aromatic N) is 1. The van der Waals surface area contributed by atoms with Crippen molar-refractivity contribution in [1.29, 1.82) is 0 Å². The Morgan fingerprint density at radius 3 is 2.33 bits per heavy atom. The Kier molecular flexibility index (Phi) is 6.45. The standard InChI is InChI=1S/C20H27N3O4/c1-14(24)21-15-7-9-16(10-8-15)22-19(25)13-18-20(26)23(11-12-27-18)17-5-3-2-4-6-17/h7-10,17-18H,2-6,11-13H2,1H3,(H,21,24)(H,22,25). The molecule has 1 aromatic rings. The summed E-state index contributed by atoms with van der Waals surface area (Å²) in [5, 5.41) is 5.45. The summed E-state index contributed by atoms with van der Waals surface area (Å²) in [5.74, 6) is -0.474. The first-order valence-corrected chi connectivity index (χ1v) is 9.62. The molecule has 1 aliphatic carbocycles. The molecule has 0 aromatic heterocycles. The van der Waals surface area contributed by atoms with Crippen LogP contribution in [-0.4, -0.2) is 47.9 Å². The molecule has 2 fully saturated rings. The fourth-order valence-electron chi connectivity index (χ4n) is 3.78. The van der Waals surface area contributed by atoms with Gasteiger partial charge in [-0.15, -0.1) is 0 Å². The van der Waals surface area contributed by atoms with Crippen molar-refractivity contribution in [2.75, 3.05) is 23.8 Å². The molecule has 3 rings (SSSR count). The number of morpholine rings is 1. The Hall–Kier alpha value is -2.41. The maximum absolute atomic E-state index is 12.7. The summed E-state index contributed by atoms with van der Waals surface area (Å²) in [6, 6.07) is 7.14.